The number of nitriles is 1. The van der Waals surface area contributed by atoms with Gasteiger partial charge in [-0.1, -0.05) is 6.07 Å². The Hall–Kier alpha value is -3.93. The average Bonchev–Trinajstić information content (AvgIpc) is 3.16. The van der Waals surface area contributed by atoms with E-state index in [1.165, 1.54) is 12.3 Å². The lowest BCUT2D eigenvalue weighted by Gasteiger charge is -2.13. The first-order valence-electron chi connectivity index (χ1n) is 11.3. The molecule has 4 rings (SSSR count). The summed E-state index contributed by atoms with van der Waals surface area (Å²) < 4.78 is 32.9. The van der Waals surface area contributed by atoms with Gasteiger partial charge in [-0.25, -0.2) is 13.8 Å². The second kappa shape index (κ2) is 9.74. The van der Waals surface area contributed by atoms with Crippen LogP contribution in [0.3, 0.4) is 0 Å². The molecule has 0 radical (unpaired) electrons. The van der Waals surface area contributed by atoms with E-state index in [0.717, 1.165) is 11.1 Å². The van der Waals surface area contributed by atoms with Crippen molar-refractivity contribution in [3.05, 3.63) is 54.4 Å². The van der Waals surface area contributed by atoms with Crippen LogP contribution < -0.4 is 10.1 Å². The van der Waals surface area contributed by atoms with Gasteiger partial charge in [-0.05, 0) is 43.7 Å². The largest absolute Gasteiger partial charge is 0.475 e. The van der Waals surface area contributed by atoms with Crippen LogP contribution in [0.1, 0.15) is 37.0 Å². The van der Waals surface area contributed by atoms with Crippen LogP contribution in [0.25, 0.3) is 22.0 Å². The van der Waals surface area contributed by atoms with E-state index in [0.29, 0.717) is 22.3 Å². The van der Waals surface area contributed by atoms with E-state index in [1.54, 1.807) is 24.4 Å². The summed E-state index contributed by atoms with van der Waals surface area (Å²) in [5, 5.41) is 12.2. The summed E-state index contributed by atoms with van der Waals surface area (Å²) >= 11 is 0. The maximum atomic E-state index is 13.7. The van der Waals surface area contributed by atoms with Crippen molar-refractivity contribution < 1.29 is 23.1 Å². The van der Waals surface area contributed by atoms with E-state index in [4.69, 9.17) is 10.00 Å². The van der Waals surface area contributed by atoms with Crippen LogP contribution in [-0.2, 0) is 4.79 Å². The second-order valence-electron chi connectivity index (χ2n) is 8.90. The van der Waals surface area contributed by atoms with Crippen LogP contribution in [0.4, 0.5) is 8.78 Å². The predicted octanol–water partition coefficient (Wildman–Crippen LogP) is 4.57. The van der Waals surface area contributed by atoms with Gasteiger partial charge in [0.2, 0.25) is 11.8 Å². The first-order chi connectivity index (χ1) is 16.7. The lowest BCUT2D eigenvalue weighted by molar-refractivity contribution is -0.123. The van der Waals surface area contributed by atoms with Gasteiger partial charge in [-0.3, -0.25) is 14.6 Å². The molecule has 7 nitrogen and oxygen atoms in total. The third kappa shape index (κ3) is 5.43. The number of Topliss-reactive ketones (excluding diaryl/α,β-unsaturated/α-hetero) is 1. The number of pyridine rings is 2. The van der Waals surface area contributed by atoms with E-state index in [9.17, 15) is 18.4 Å². The Bertz CT molecular complexity index is 1300. The van der Waals surface area contributed by atoms with Crippen LogP contribution in [0.2, 0.25) is 0 Å². The van der Waals surface area contributed by atoms with Crippen LogP contribution in [0.15, 0.2) is 48.8 Å². The Kier molecular flexibility index (Phi) is 6.74. The molecule has 1 amide bonds. The van der Waals surface area contributed by atoms with Gasteiger partial charge >= 0.3 is 0 Å². The number of carbonyl (C=O) groups excluding carboxylic acids is 2. The summed E-state index contributed by atoms with van der Waals surface area (Å²) in [6.07, 6.45) is 1.86. The lowest BCUT2D eigenvalue weighted by atomic mass is 9.93. The molecule has 2 unspecified atom stereocenters. The minimum Gasteiger partial charge on any atom is -0.475 e. The van der Waals surface area contributed by atoms with E-state index < -0.39 is 48.8 Å². The molecule has 9 heteroatoms. The Morgan fingerprint density at radius 1 is 1.17 bits per heavy atom. The molecule has 35 heavy (non-hydrogen) atoms. The van der Waals surface area contributed by atoms with Crippen molar-refractivity contribution in [2.24, 2.45) is 11.8 Å². The highest BCUT2D eigenvalue weighted by Gasteiger charge is 2.49. The number of nitrogens with zero attached hydrogens (tertiary/aromatic N) is 3. The molecular weight excluding hydrogens is 454 g/mol. The van der Waals surface area contributed by atoms with Crippen molar-refractivity contribution in [1.29, 1.82) is 5.26 Å². The van der Waals surface area contributed by atoms with Crippen LogP contribution in [-0.4, -0.2) is 40.2 Å². The normalized spacial score (nSPS) is 18.9. The van der Waals surface area contributed by atoms with Crippen molar-refractivity contribution in [1.82, 2.24) is 15.3 Å². The van der Waals surface area contributed by atoms with Crippen molar-refractivity contribution in [3.63, 3.8) is 0 Å². The zero-order valence-electron chi connectivity index (χ0n) is 19.3. The molecule has 1 aliphatic carbocycles. The quantitative estimate of drug-likeness (QED) is 0.534. The number of benzene rings is 1. The molecule has 2 heterocycles. The Labute approximate surface area is 201 Å². The predicted molar refractivity (Wildman–Crippen MR) is 125 cm³/mol. The van der Waals surface area contributed by atoms with Crippen molar-refractivity contribution in [3.8, 4) is 23.1 Å². The van der Waals surface area contributed by atoms with Crippen LogP contribution in [0.5, 0.6) is 5.88 Å². The SMILES string of the molecule is CC(C)Oc1ccc(-c2ccc3nccc(C(=O)NCC(=O)C4CC(F)(F)CC4C#N)c3c2)cn1. The monoisotopic (exact) mass is 478 g/mol. The number of aromatic nitrogens is 2. The zero-order valence-corrected chi connectivity index (χ0v) is 19.3. The van der Waals surface area contributed by atoms with Gasteiger partial charge in [0.25, 0.3) is 5.91 Å². The molecule has 0 saturated heterocycles. The first kappa shape index (κ1) is 24.2. The number of rotatable bonds is 7. The van der Waals surface area contributed by atoms with Gasteiger partial charge in [0.1, 0.15) is 0 Å². The van der Waals surface area contributed by atoms with Gasteiger partial charge in [0.15, 0.2) is 5.78 Å². The van der Waals surface area contributed by atoms with E-state index in [1.807, 2.05) is 32.0 Å². The topological polar surface area (TPSA) is 105 Å². The minimum absolute atomic E-state index is 0.00370. The average molecular weight is 478 g/mol. The molecular formula is C26H24F2N4O3. The molecule has 1 fully saturated rings. The number of ketones is 1. The molecule has 180 valence electrons. The fourth-order valence-electron chi connectivity index (χ4n) is 4.26. The number of ether oxygens (including phenoxy) is 1. The summed E-state index contributed by atoms with van der Waals surface area (Å²) in [7, 11) is 0. The number of alkyl halides is 2. The third-order valence-corrected chi connectivity index (χ3v) is 5.94. The number of fused-ring (bicyclic) bond motifs is 1. The number of hydrogen-bond donors (Lipinski definition) is 1. The molecule has 0 bridgehead atoms. The molecule has 1 aliphatic rings. The summed E-state index contributed by atoms with van der Waals surface area (Å²) in [5.41, 5.74) is 2.51. The molecule has 2 aromatic heterocycles. The standard InChI is InChI=1S/C26H24F2N4O3/c1-15(2)35-24-6-4-17(13-31-24)16-3-5-22-20(9-16)19(7-8-30-22)25(34)32-14-23(33)21-11-26(27,28)10-18(21)12-29/h3-9,13,15,18,21H,10-11,14H2,1-2H3,(H,32,34). The Morgan fingerprint density at radius 3 is 2.63 bits per heavy atom. The third-order valence-electron chi connectivity index (χ3n) is 5.94. The van der Waals surface area contributed by atoms with E-state index in [2.05, 4.69) is 15.3 Å². The molecule has 1 saturated carbocycles. The first-order valence-corrected chi connectivity index (χ1v) is 11.3. The smallest absolute Gasteiger partial charge is 0.252 e. The molecule has 1 aromatic carbocycles. The highest BCUT2D eigenvalue weighted by atomic mass is 19.3. The number of halogens is 2. The molecule has 0 spiro atoms. The molecule has 3 aromatic rings. The fourth-order valence-corrected chi connectivity index (χ4v) is 4.26. The Morgan fingerprint density at radius 2 is 1.94 bits per heavy atom. The van der Waals surface area contributed by atoms with E-state index in [-0.39, 0.29) is 6.10 Å². The number of nitrogens with one attached hydrogen (secondary N) is 1. The summed E-state index contributed by atoms with van der Waals surface area (Å²) in [4.78, 5) is 34.0. The highest BCUT2D eigenvalue weighted by molar-refractivity contribution is 6.07. The van der Waals surface area contributed by atoms with Crippen LogP contribution in [0, 0.1) is 23.2 Å². The van der Waals surface area contributed by atoms with Crippen LogP contribution >= 0.6 is 0 Å². The Balaban J connectivity index is 1.52. The fraction of sp³-hybridized carbons (Fsp3) is 0.346. The van der Waals surface area contributed by atoms with Gasteiger partial charge in [-0.15, -0.1) is 0 Å². The van der Waals surface area contributed by atoms with Gasteiger partial charge in [0, 0.05) is 48.2 Å². The minimum atomic E-state index is -3.05. The molecule has 0 aliphatic heterocycles. The summed E-state index contributed by atoms with van der Waals surface area (Å²) in [6.45, 7) is 3.40. The highest BCUT2D eigenvalue weighted by Crippen LogP contribution is 2.43. The van der Waals surface area contributed by atoms with Gasteiger partial charge < -0.3 is 10.1 Å². The van der Waals surface area contributed by atoms with Crippen molar-refractivity contribution in [2.45, 2.75) is 38.7 Å². The zero-order chi connectivity index (χ0) is 25.2. The van der Waals surface area contributed by atoms with E-state index >= 15 is 0 Å². The lowest BCUT2D eigenvalue weighted by Crippen LogP contribution is -2.34. The van der Waals surface area contributed by atoms with Crippen molar-refractivity contribution >= 4 is 22.6 Å². The maximum absolute atomic E-state index is 13.7. The summed E-state index contributed by atoms with van der Waals surface area (Å²) in [6, 6.07) is 12.4. The van der Waals surface area contributed by atoms with Gasteiger partial charge in [-0.2, -0.15) is 5.26 Å². The molecule has 2 atom stereocenters. The summed E-state index contributed by atoms with van der Waals surface area (Å²) in [5.74, 6) is -5.78. The van der Waals surface area contributed by atoms with Gasteiger partial charge in [0.05, 0.1) is 35.7 Å². The molecule has 1 N–H and O–H groups in total. The number of amides is 1. The van der Waals surface area contributed by atoms with Crippen molar-refractivity contribution in [2.75, 3.05) is 6.54 Å². The maximum Gasteiger partial charge on any atom is 0.252 e. The number of carbonyl (C=O) groups is 2. The second-order valence-corrected chi connectivity index (χ2v) is 8.90. The number of hydrogen-bond acceptors (Lipinski definition) is 6.